The van der Waals surface area contributed by atoms with Crippen molar-refractivity contribution in [3.05, 3.63) is 29.8 Å². The van der Waals surface area contributed by atoms with Gasteiger partial charge in [0.15, 0.2) is 0 Å². The molecule has 1 unspecified atom stereocenters. The third kappa shape index (κ3) is 4.10. The average Bonchev–Trinajstić information content (AvgIpc) is 2.70. The van der Waals surface area contributed by atoms with Gasteiger partial charge < -0.3 is 9.64 Å². The zero-order chi connectivity index (χ0) is 15.6. The number of ether oxygens (including phenoxy) is 1. The van der Waals surface area contributed by atoms with Gasteiger partial charge in [0, 0.05) is 19.5 Å². The molecule has 1 aliphatic rings. The molecule has 1 aromatic rings. The van der Waals surface area contributed by atoms with E-state index in [0.717, 1.165) is 0 Å². The topological polar surface area (TPSA) is 63.7 Å². The van der Waals surface area contributed by atoms with Gasteiger partial charge in [-0.25, -0.2) is 0 Å². The zero-order valence-corrected chi connectivity index (χ0v) is 11.5. The van der Waals surface area contributed by atoms with E-state index in [4.69, 9.17) is 0 Å². The number of likely N-dealkylation sites (tertiary alicyclic amines) is 1. The maximum Gasteiger partial charge on any atom is 0.387 e. The Balaban J connectivity index is 2.07. The summed E-state index contributed by atoms with van der Waals surface area (Å²) < 4.78 is 62.9. The van der Waals surface area contributed by atoms with Crippen LogP contribution in [0.1, 0.15) is 12.0 Å². The van der Waals surface area contributed by atoms with Crippen molar-refractivity contribution in [2.24, 2.45) is 0 Å². The summed E-state index contributed by atoms with van der Waals surface area (Å²) in [5, 5.41) is -1.37. The monoisotopic (exact) mass is 323 g/mol. The Morgan fingerprint density at radius 2 is 2.10 bits per heavy atom. The van der Waals surface area contributed by atoms with E-state index in [1.165, 1.54) is 23.1 Å². The summed E-state index contributed by atoms with van der Waals surface area (Å²) in [5.41, 5.74) is 0.485. The van der Waals surface area contributed by atoms with Gasteiger partial charge in [-0.15, -0.1) is 3.89 Å². The number of carbonyl (C=O) groups excluding carboxylic acids is 1. The van der Waals surface area contributed by atoms with Gasteiger partial charge in [-0.3, -0.25) is 4.79 Å². The van der Waals surface area contributed by atoms with Crippen LogP contribution in [-0.2, 0) is 21.6 Å². The molecule has 0 radical (unpaired) electrons. The first-order chi connectivity index (χ1) is 9.75. The quantitative estimate of drug-likeness (QED) is 0.774. The van der Waals surface area contributed by atoms with E-state index in [0.29, 0.717) is 5.56 Å². The van der Waals surface area contributed by atoms with Crippen LogP contribution < -0.4 is 4.74 Å². The summed E-state index contributed by atoms with van der Waals surface area (Å²) in [4.78, 5) is 12.8. The Hall–Kier alpha value is -1.77. The van der Waals surface area contributed by atoms with Crippen LogP contribution in [0.3, 0.4) is 0 Å². The Morgan fingerprint density at radius 1 is 1.38 bits per heavy atom. The molecule has 0 spiro atoms. The molecule has 1 atom stereocenters. The van der Waals surface area contributed by atoms with E-state index in [-0.39, 0.29) is 18.8 Å². The molecule has 21 heavy (non-hydrogen) atoms. The van der Waals surface area contributed by atoms with Crippen LogP contribution in [0, 0.1) is 0 Å². The van der Waals surface area contributed by atoms with Crippen LogP contribution in [0.25, 0.3) is 0 Å². The fourth-order valence-electron chi connectivity index (χ4n) is 2.12. The Kier molecular flexibility index (Phi) is 4.40. The van der Waals surface area contributed by atoms with Gasteiger partial charge in [0.25, 0.3) is 0 Å². The van der Waals surface area contributed by atoms with Crippen molar-refractivity contribution >= 4 is 16.1 Å². The van der Waals surface area contributed by atoms with E-state index in [1.54, 1.807) is 6.07 Å². The SMILES string of the molecule is O=C1CC(S(=O)(=O)F)CN1Cc1cccc(OC(F)F)c1. The second kappa shape index (κ2) is 5.92. The van der Waals surface area contributed by atoms with Crippen LogP contribution in [0.2, 0.25) is 0 Å². The smallest absolute Gasteiger partial charge is 0.387 e. The van der Waals surface area contributed by atoms with Crippen LogP contribution >= 0.6 is 0 Å². The highest BCUT2D eigenvalue weighted by Gasteiger charge is 2.38. The number of benzene rings is 1. The second-order valence-electron chi connectivity index (χ2n) is 4.60. The Labute approximate surface area is 119 Å². The van der Waals surface area contributed by atoms with Crippen molar-refractivity contribution in [3.8, 4) is 5.75 Å². The fraction of sp³-hybridized carbons (Fsp3) is 0.417. The lowest BCUT2D eigenvalue weighted by Gasteiger charge is -2.16. The number of nitrogens with zero attached hydrogens (tertiary/aromatic N) is 1. The van der Waals surface area contributed by atoms with Gasteiger partial charge in [-0.05, 0) is 17.7 Å². The predicted molar refractivity (Wildman–Crippen MR) is 66.9 cm³/mol. The van der Waals surface area contributed by atoms with Gasteiger partial charge >= 0.3 is 16.8 Å². The summed E-state index contributed by atoms with van der Waals surface area (Å²) in [6.45, 7) is -3.21. The fourth-order valence-corrected chi connectivity index (χ4v) is 2.82. The molecule has 2 rings (SSSR count). The minimum Gasteiger partial charge on any atom is -0.435 e. The van der Waals surface area contributed by atoms with Crippen LogP contribution in [-0.4, -0.2) is 37.6 Å². The molecule has 1 saturated heterocycles. The van der Waals surface area contributed by atoms with Crippen LogP contribution in [0.5, 0.6) is 5.75 Å². The average molecular weight is 323 g/mol. The molecule has 0 aromatic heterocycles. The summed E-state index contributed by atoms with van der Waals surface area (Å²) in [6, 6.07) is 5.69. The van der Waals surface area contributed by atoms with E-state index in [9.17, 15) is 25.9 Å². The lowest BCUT2D eigenvalue weighted by atomic mass is 10.2. The maximum absolute atomic E-state index is 12.9. The standard InChI is InChI=1S/C12H12F3NO4S/c13-12(14)20-9-3-1-2-8(4-9)6-16-7-10(5-11(16)17)21(15,18)19/h1-4,10,12H,5-7H2. The van der Waals surface area contributed by atoms with Crippen LogP contribution in [0.15, 0.2) is 24.3 Å². The Bertz CT molecular complexity index is 635. The number of carbonyl (C=O) groups is 1. The lowest BCUT2D eigenvalue weighted by Crippen LogP contribution is -2.26. The molecule has 0 saturated carbocycles. The van der Waals surface area contributed by atoms with E-state index in [1.807, 2.05) is 0 Å². The number of hydrogen-bond acceptors (Lipinski definition) is 4. The first kappa shape index (κ1) is 15.6. The molecular formula is C12H12F3NO4S. The normalized spacial score (nSPS) is 19.3. The third-order valence-corrected chi connectivity index (χ3v) is 4.19. The van der Waals surface area contributed by atoms with Gasteiger partial charge in [0.05, 0.1) is 0 Å². The Morgan fingerprint density at radius 3 is 2.67 bits per heavy atom. The summed E-state index contributed by atoms with van der Waals surface area (Å²) >= 11 is 0. The molecule has 0 bridgehead atoms. The van der Waals surface area contributed by atoms with Crippen molar-refractivity contribution < 1.29 is 30.6 Å². The van der Waals surface area contributed by atoms with Crippen molar-refractivity contribution in [2.45, 2.75) is 24.8 Å². The minimum atomic E-state index is -4.77. The van der Waals surface area contributed by atoms with Crippen molar-refractivity contribution in [1.82, 2.24) is 4.90 Å². The summed E-state index contributed by atoms with van der Waals surface area (Å²) in [7, 11) is -4.77. The highest BCUT2D eigenvalue weighted by atomic mass is 32.3. The van der Waals surface area contributed by atoms with Crippen molar-refractivity contribution in [3.63, 3.8) is 0 Å². The maximum atomic E-state index is 12.9. The number of amides is 1. The number of alkyl halides is 2. The molecule has 0 N–H and O–H groups in total. The first-order valence-corrected chi connectivity index (χ1v) is 7.45. The van der Waals surface area contributed by atoms with Gasteiger partial charge in [-0.1, -0.05) is 12.1 Å². The molecule has 1 aliphatic heterocycles. The van der Waals surface area contributed by atoms with Gasteiger partial charge in [0.1, 0.15) is 11.0 Å². The lowest BCUT2D eigenvalue weighted by molar-refractivity contribution is -0.128. The number of halogens is 3. The molecule has 1 heterocycles. The van der Waals surface area contributed by atoms with Gasteiger partial charge in [0.2, 0.25) is 5.91 Å². The summed E-state index contributed by atoms with van der Waals surface area (Å²) in [5.74, 6) is -0.565. The van der Waals surface area contributed by atoms with Gasteiger partial charge in [-0.2, -0.15) is 17.2 Å². The summed E-state index contributed by atoms with van der Waals surface area (Å²) in [6.07, 6.45) is -0.411. The molecule has 116 valence electrons. The third-order valence-electron chi connectivity index (χ3n) is 3.07. The highest BCUT2D eigenvalue weighted by molar-refractivity contribution is 7.87. The van der Waals surface area contributed by atoms with Crippen LogP contribution in [0.4, 0.5) is 12.7 Å². The van der Waals surface area contributed by atoms with E-state index >= 15 is 0 Å². The van der Waals surface area contributed by atoms with E-state index in [2.05, 4.69) is 4.74 Å². The molecule has 9 heteroatoms. The molecule has 1 fully saturated rings. The minimum absolute atomic E-state index is 0.00525. The molecule has 0 aliphatic carbocycles. The van der Waals surface area contributed by atoms with Crippen molar-refractivity contribution in [2.75, 3.05) is 6.54 Å². The zero-order valence-electron chi connectivity index (χ0n) is 10.7. The first-order valence-electron chi connectivity index (χ1n) is 6.00. The molecule has 5 nitrogen and oxygen atoms in total. The largest absolute Gasteiger partial charge is 0.435 e. The molecular weight excluding hydrogens is 311 g/mol. The number of rotatable bonds is 5. The number of hydrogen-bond donors (Lipinski definition) is 0. The molecule has 1 amide bonds. The van der Waals surface area contributed by atoms with E-state index < -0.39 is 34.4 Å². The predicted octanol–water partition coefficient (Wildman–Crippen LogP) is 1.69. The van der Waals surface area contributed by atoms with Crippen molar-refractivity contribution in [1.29, 1.82) is 0 Å². The molecule has 1 aromatic carbocycles. The second-order valence-corrected chi connectivity index (χ2v) is 6.22. The highest BCUT2D eigenvalue weighted by Crippen LogP contribution is 2.23.